The molecule has 136 valence electrons. The molecule has 7 heteroatoms. The zero-order chi connectivity index (χ0) is 17.6. The Bertz CT molecular complexity index is 718. The molecule has 3 rings (SSSR count). The smallest absolute Gasteiger partial charge is 0.169 e. The quantitative estimate of drug-likeness (QED) is 0.698. The van der Waals surface area contributed by atoms with Crippen molar-refractivity contribution < 1.29 is 4.74 Å². The maximum Gasteiger partial charge on any atom is 0.169 e. The van der Waals surface area contributed by atoms with Gasteiger partial charge in [-0.25, -0.2) is 9.97 Å². The summed E-state index contributed by atoms with van der Waals surface area (Å²) in [6.45, 7) is 7.31. The molecule has 6 nitrogen and oxygen atoms in total. The van der Waals surface area contributed by atoms with E-state index in [9.17, 15) is 0 Å². The summed E-state index contributed by atoms with van der Waals surface area (Å²) in [5.41, 5.74) is 1.52. The third kappa shape index (κ3) is 4.44. The van der Waals surface area contributed by atoms with Crippen molar-refractivity contribution in [1.29, 1.82) is 0 Å². The predicted molar refractivity (Wildman–Crippen MR) is 104 cm³/mol. The molecule has 0 spiro atoms. The molecule has 0 radical (unpaired) electrons. The molecule has 2 N–H and O–H groups in total. The Kier molecular flexibility index (Phi) is 6.15. The maximum absolute atomic E-state index is 6.22. The van der Waals surface area contributed by atoms with Gasteiger partial charge in [-0.15, -0.1) is 0 Å². The van der Waals surface area contributed by atoms with Gasteiger partial charge in [0.1, 0.15) is 5.75 Å². The second-order valence-corrected chi connectivity index (χ2v) is 6.66. The van der Waals surface area contributed by atoms with Crippen LogP contribution in [-0.4, -0.2) is 54.7 Å². The molecule has 0 saturated carbocycles. The average Bonchev–Trinajstić information content (AvgIpc) is 3.12. The lowest BCUT2D eigenvalue weighted by Crippen LogP contribution is -2.22. The Morgan fingerprint density at radius 3 is 2.48 bits per heavy atom. The molecule has 25 heavy (non-hydrogen) atoms. The zero-order valence-corrected chi connectivity index (χ0v) is 15.7. The van der Waals surface area contributed by atoms with E-state index < -0.39 is 0 Å². The molecule has 0 unspecified atom stereocenters. The summed E-state index contributed by atoms with van der Waals surface area (Å²) in [5, 5.41) is 7.25. The van der Waals surface area contributed by atoms with Crippen LogP contribution in [0.25, 0.3) is 11.0 Å². The monoisotopic (exact) mass is 363 g/mol. The van der Waals surface area contributed by atoms with Crippen molar-refractivity contribution in [3.63, 3.8) is 0 Å². The van der Waals surface area contributed by atoms with Crippen LogP contribution in [0.15, 0.2) is 12.1 Å². The van der Waals surface area contributed by atoms with Gasteiger partial charge in [-0.1, -0.05) is 11.6 Å². The molecule has 1 aliphatic rings. The second-order valence-electron chi connectivity index (χ2n) is 6.26. The summed E-state index contributed by atoms with van der Waals surface area (Å²) in [6.07, 6.45) is 3.76. The van der Waals surface area contributed by atoms with Crippen LogP contribution in [-0.2, 0) is 0 Å². The van der Waals surface area contributed by atoms with Crippen LogP contribution < -0.4 is 15.4 Å². The van der Waals surface area contributed by atoms with Crippen LogP contribution in [0.5, 0.6) is 5.75 Å². The lowest BCUT2D eigenvalue weighted by Gasteiger charge is -2.16. The minimum absolute atomic E-state index is 0.542. The van der Waals surface area contributed by atoms with Gasteiger partial charge in [0.25, 0.3) is 0 Å². The van der Waals surface area contributed by atoms with Gasteiger partial charge in [0.05, 0.1) is 23.2 Å². The van der Waals surface area contributed by atoms with Crippen molar-refractivity contribution in [2.45, 2.75) is 26.2 Å². The SMILES string of the molecule is CCNc1nc2cc(OC)c(Cl)cc2nc1NCCCN1CCCC1. The first kappa shape index (κ1) is 18.0. The largest absolute Gasteiger partial charge is 0.495 e. The molecule has 2 aromatic rings. The Labute approximate surface area is 153 Å². The number of ether oxygens (including phenoxy) is 1. The molecule has 1 aliphatic heterocycles. The van der Waals surface area contributed by atoms with Gasteiger partial charge in [-0.05, 0) is 51.9 Å². The van der Waals surface area contributed by atoms with Gasteiger partial charge in [0.2, 0.25) is 0 Å². The number of methoxy groups -OCH3 is 1. The van der Waals surface area contributed by atoms with Gasteiger partial charge in [0.15, 0.2) is 11.6 Å². The van der Waals surface area contributed by atoms with E-state index in [2.05, 4.69) is 20.5 Å². The number of benzene rings is 1. The first-order valence-electron chi connectivity index (χ1n) is 8.96. The number of likely N-dealkylation sites (tertiary alicyclic amines) is 1. The number of nitrogens with one attached hydrogen (secondary N) is 2. The Morgan fingerprint density at radius 2 is 1.80 bits per heavy atom. The van der Waals surface area contributed by atoms with Crippen molar-refractivity contribution in [3.05, 3.63) is 17.2 Å². The number of aromatic nitrogens is 2. The standard InChI is InChI=1S/C18H26ClN5O/c1-3-20-17-18(21-7-6-10-24-8-4-5-9-24)22-14-11-13(19)16(25-2)12-15(14)23-17/h11-12H,3-10H2,1-2H3,(H,20,23)(H,21,22). The minimum Gasteiger partial charge on any atom is -0.495 e. The number of hydrogen-bond acceptors (Lipinski definition) is 6. The van der Waals surface area contributed by atoms with Crippen LogP contribution in [0, 0.1) is 0 Å². The number of hydrogen-bond donors (Lipinski definition) is 2. The number of halogens is 1. The van der Waals surface area contributed by atoms with Gasteiger partial charge < -0.3 is 20.3 Å². The zero-order valence-electron chi connectivity index (χ0n) is 14.9. The molecule has 2 heterocycles. The molecule has 0 amide bonds. The van der Waals surface area contributed by atoms with E-state index in [0.29, 0.717) is 10.8 Å². The number of anilines is 2. The summed E-state index contributed by atoms with van der Waals surface area (Å²) >= 11 is 6.22. The van der Waals surface area contributed by atoms with Crippen LogP contribution in [0.3, 0.4) is 0 Å². The van der Waals surface area contributed by atoms with Crippen LogP contribution in [0.1, 0.15) is 26.2 Å². The van der Waals surface area contributed by atoms with Gasteiger partial charge in [-0.3, -0.25) is 0 Å². The number of fused-ring (bicyclic) bond motifs is 1. The van der Waals surface area contributed by atoms with E-state index in [4.69, 9.17) is 21.3 Å². The third-order valence-corrected chi connectivity index (χ3v) is 4.72. The second kappa shape index (κ2) is 8.54. The highest BCUT2D eigenvalue weighted by Crippen LogP contribution is 2.30. The number of rotatable bonds is 8. The van der Waals surface area contributed by atoms with Crippen molar-refractivity contribution in [1.82, 2.24) is 14.9 Å². The lowest BCUT2D eigenvalue weighted by atomic mass is 10.2. The average molecular weight is 364 g/mol. The summed E-state index contributed by atoms with van der Waals surface area (Å²) in [4.78, 5) is 11.9. The molecule has 0 atom stereocenters. The van der Waals surface area contributed by atoms with E-state index in [0.717, 1.165) is 48.7 Å². The van der Waals surface area contributed by atoms with Crippen molar-refractivity contribution in [3.8, 4) is 5.75 Å². The molecule has 0 bridgehead atoms. The fourth-order valence-electron chi connectivity index (χ4n) is 3.14. The van der Waals surface area contributed by atoms with Gasteiger partial charge in [0, 0.05) is 19.2 Å². The van der Waals surface area contributed by atoms with E-state index in [1.54, 1.807) is 13.2 Å². The third-order valence-electron chi connectivity index (χ3n) is 4.42. The van der Waals surface area contributed by atoms with Crippen molar-refractivity contribution in [2.24, 2.45) is 0 Å². The van der Waals surface area contributed by atoms with Crippen LogP contribution in [0.4, 0.5) is 11.6 Å². The molecule has 1 aromatic carbocycles. The van der Waals surface area contributed by atoms with Crippen molar-refractivity contribution in [2.75, 3.05) is 50.5 Å². The van der Waals surface area contributed by atoms with E-state index in [-0.39, 0.29) is 0 Å². The highest BCUT2D eigenvalue weighted by molar-refractivity contribution is 6.32. The molecule has 1 aromatic heterocycles. The van der Waals surface area contributed by atoms with E-state index in [1.165, 1.54) is 25.9 Å². The van der Waals surface area contributed by atoms with E-state index >= 15 is 0 Å². The molecule has 1 saturated heterocycles. The van der Waals surface area contributed by atoms with Gasteiger partial charge in [-0.2, -0.15) is 0 Å². The first-order valence-corrected chi connectivity index (χ1v) is 9.34. The Balaban J connectivity index is 1.73. The molecular formula is C18H26ClN5O. The van der Waals surface area contributed by atoms with Crippen LogP contribution in [0.2, 0.25) is 5.02 Å². The fraction of sp³-hybridized carbons (Fsp3) is 0.556. The highest BCUT2D eigenvalue weighted by atomic mass is 35.5. The maximum atomic E-state index is 6.22. The Hall–Kier alpha value is -1.79. The molecule has 1 fully saturated rings. The Morgan fingerprint density at radius 1 is 1.12 bits per heavy atom. The predicted octanol–water partition coefficient (Wildman–Crippen LogP) is 3.62. The van der Waals surface area contributed by atoms with Crippen molar-refractivity contribution >= 4 is 34.3 Å². The normalized spacial score (nSPS) is 14.8. The fourth-order valence-corrected chi connectivity index (χ4v) is 3.38. The molecular weight excluding hydrogens is 338 g/mol. The summed E-state index contributed by atoms with van der Waals surface area (Å²) in [6, 6.07) is 3.62. The van der Waals surface area contributed by atoms with Crippen LogP contribution >= 0.6 is 11.6 Å². The topological polar surface area (TPSA) is 62.3 Å². The highest BCUT2D eigenvalue weighted by Gasteiger charge is 2.13. The van der Waals surface area contributed by atoms with Gasteiger partial charge >= 0.3 is 0 Å². The summed E-state index contributed by atoms with van der Waals surface area (Å²) in [5.74, 6) is 2.15. The number of nitrogens with zero attached hydrogens (tertiary/aromatic N) is 3. The summed E-state index contributed by atoms with van der Waals surface area (Å²) in [7, 11) is 1.60. The first-order chi connectivity index (χ1) is 12.2. The summed E-state index contributed by atoms with van der Waals surface area (Å²) < 4.78 is 5.27. The van der Waals surface area contributed by atoms with E-state index in [1.807, 2.05) is 13.0 Å². The minimum atomic E-state index is 0.542. The lowest BCUT2D eigenvalue weighted by molar-refractivity contribution is 0.337. The molecule has 0 aliphatic carbocycles.